The highest BCUT2D eigenvalue weighted by molar-refractivity contribution is 7.90. The van der Waals surface area contributed by atoms with Crippen LogP contribution in [0.3, 0.4) is 0 Å². The van der Waals surface area contributed by atoms with E-state index in [1.807, 2.05) is 12.1 Å². The maximum atomic E-state index is 11.8. The van der Waals surface area contributed by atoms with E-state index in [-0.39, 0.29) is 4.90 Å². The Balaban J connectivity index is 1.24. The van der Waals surface area contributed by atoms with E-state index in [0.29, 0.717) is 5.13 Å². The second-order valence-electron chi connectivity index (χ2n) is 9.27. The molecule has 180 valence electrons. The summed E-state index contributed by atoms with van der Waals surface area (Å²) in [5.41, 5.74) is 2.70. The predicted molar refractivity (Wildman–Crippen MR) is 137 cm³/mol. The summed E-state index contributed by atoms with van der Waals surface area (Å²) < 4.78 is 25.6. The molecule has 6 rings (SSSR count). The van der Waals surface area contributed by atoms with Gasteiger partial charge in [-0.3, -0.25) is 4.90 Å². The van der Waals surface area contributed by atoms with E-state index in [1.165, 1.54) is 73.6 Å². The van der Waals surface area contributed by atoms with Gasteiger partial charge in [0.1, 0.15) is 0 Å². The maximum Gasteiger partial charge on any atom is 0.231 e. The highest BCUT2D eigenvalue weighted by Crippen LogP contribution is 2.31. The number of hydrogen-bond donors (Lipinski definition) is 0. The van der Waals surface area contributed by atoms with E-state index in [2.05, 4.69) is 44.1 Å². The summed E-state index contributed by atoms with van der Waals surface area (Å²) in [4.78, 5) is 9.77. The van der Waals surface area contributed by atoms with Crippen molar-refractivity contribution in [2.45, 2.75) is 11.8 Å². The molecule has 0 spiro atoms. The maximum absolute atomic E-state index is 11.8. The van der Waals surface area contributed by atoms with Gasteiger partial charge in [-0.15, -0.1) is 10.2 Å². The van der Waals surface area contributed by atoms with Crippen molar-refractivity contribution in [3.8, 4) is 0 Å². The lowest BCUT2D eigenvalue weighted by Gasteiger charge is -2.51. The minimum Gasteiger partial charge on any atom is -0.366 e. The Hall–Kier alpha value is -2.40. The van der Waals surface area contributed by atoms with Crippen LogP contribution in [-0.4, -0.2) is 87.9 Å². The summed E-state index contributed by atoms with van der Waals surface area (Å²) in [6.45, 7) is 13.1. The largest absolute Gasteiger partial charge is 0.366 e. The number of fused-ring (bicyclic) bond motifs is 4. The number of benzene rings is 2. The van der Waals surface area contributed by atoms with Crippen LogP contribution in [0, 0.1) is 0 Å². The molecule has 3 aliphatic heterocycles. The molecule has 3 aromatic rings. The van der Waals surface area contributed by atoms with E-state index < -0.39 is 9.84 Å². The lowest BCUT2D eigenvalue weighted by atomic mass is 10.1. The monoisotopic (exact) mass is 499 g/mol. The third-order valence-corrected chi connectivity index (χ3v) is 9.15. The third kappa shape index (κ3) is 5.00. The minimum absolute atomic E-state index is 0.288. The summed E-state index contributed by atoms with van der Waals surface area (Å²) in [5.74, 6) is 0. The van der Waals surface area contributed by atoms with Crippen molar-refractivity contribution in [1.29, 1.82) is 0 Å². The average molecular weight is 500 g/mol. The molecule has 0 unspecified atom stereocenters. The molecule has 3 fully saturated rings. The fourth-order valence-electron chi connectivity index (χ4n) is 4.87. The third-order valence-electron chi connectivity index (χ3n) is 7.14. The van der Waals surface area contributed by atoms with Gasteiger partial charge >= 0.3 is 0 Å². The van der Waals surface area contributed by atoms with Gasteiger partial charge in [-0.25, -0.2) is 13.4 Å². The molecule has 8 nitrogen and oxygen atoms in total. The molecule has 3 aliphatic rings. The first-order chi connectivity index (χ1) is 16.3. The molecule has 0 N–H and O–H groups in total. The van der Waals surface area contributed by atoms with E-state index in [9.17, 15) is 8.42 Å². The van der Waals surface area contributed by atoms with Crippen molar-refractivity contribution in [1.82, 2.24) is 9.88 Å². The van der Waals surface area contributed by atoms with Gasteiger partial charge in [0.05, 0.1) is 53.5 Å². The van der Waals surface area contributed by atoms with Crippen LogP contribution in [-0.2, 0) is 9.84 Å². The summed E-state index contributed by atoms with van der Waals surface area (Å²) in [7, 11) is -3.25. The van der Waals surface area contributed by atoms with E-state index >= 15 is 0 Å². The molecule has 0 aliphatic carbocycles. The zero-order valence-corrected chi connectivity index (χ0v) is 21.4. The topological polar surface area (TPSA) is 78.2 Å². The number of aromatic nitrogens is 1. The van der Waals surface area contributed by atoms with Gasteiger partial charge in [0.2, 0.25) is 5.13 Å². The number of rotatable bonds is 8. The number of likely N-dealkylation sites (N-methyl/N-ethyl adjacent to an activating group) is 1. The summed E-state index contributed by atoms with van der Waals surface area (Å²) in [6.07, 6.45) is 1.20. The van der Waals surface area contributed by atoms with Gasteiger partial charge in [0.15, 0.2) is 9.84 Å². The van der Waals surface area contributed by atoms with Crippen LogP contribution in [0.5, 0.6) is 0 Å². The van der Waals surface area contributed by atoms with Crippen LogP contribution in [0.1, 0.15) is 6.92 Å². The van der Waals surface area contributed by atoms with E-state index in [1.54, 1.807) is 18.2 Å². The van der Waals surface area contributed by atoms with Crippen molar-refractivity contribution in [2.75, 3.05) is 70.1 Å². The zero-order valence-electron chi connectivity index (χ0n) is 19.7. The van der Waals surface area contributed by atoms with Crippen LogP contribution in [0.2, 0.25) is 0 Å². The molecule has 0 amide bonds. The molecule has 3 saturated heterocycles. The lowest BCUT2D eigenvalue weighted by molar-refractivity contribution is -0.939. The van der Waals surface area contributed by atoms with Gasteiger partial charge in [-0.2, -0.15) is 0 Å². The zero-order chi connectivity index (χ0) is 23.8. The Morgan fingerprint density at radius 1 is 1.06 bits per heavy atom. The van der Waals surface area contributed by atoms with Crippen LogP contribution < -0.4 is 4.90 Å². The fourth-order valence-corrected chi connectivity index (χ4v) is 6.41. The van der Waals surface area contributed by atoms with Crippen molar-refractivity contribution in [2.24, 2.45) is 10.2 Å². The average Bonchev–Trinajstić information content (AvgIpc) is 3.27. The number of hydrogen-bond acceptors (Lipinski definition) is 8. The van der Waals surface area contributed by atoms with Crippen molar-refractivity contribution < 1.29 is 12.9 Å². The molecule has 1 aromatic heterocycles. The normalized spacial score (nSPS) is 22.6. The smallest absolute Gasteiger partial charge is 0.231 e. The van der Waals surface area contributed by atoms with Gasteiger partial charge in [0, 0.05) is 38.1 Å². The van der Waals surface area contributed by atoms with Gasteiger partial charge < -0.3 is 9.38 Å². The Morgan fingerprint density at radius 3 is 2.41 bits per heavy atom. The van der Waals surface area contributed by atoms with Gasteiger partial charge in [-0.05, 0) is 49.4 Å². The van der Waals surface area contributed by atoms with E-state index in [0.717, 1.165) is 29.0 Å². The number of azo groups is 1. The number of thiazole rings is 1. The molecule has 10 heteroatoms. The first kappa shape index (κ1) is 23.3. The predicted octanol–water partition coefficient (Wildman–Crippen LogP) is 4.09. The molecule has 0 saturated carbocycles. The first-order valence-corrected chi connectivity index (χ1v) is 14.5. The first-order valence-electron chi connectivity index (χ1n) is 11.8. The van der Waals surface area contributed by atoms with E-state index in [4.69, 9.17) is 0 Å². The lowest BCUT2D eigenvalue weighted by Crippen LogP contribution is -2.68. The number of sulfone groups is 1. The molecule has 4 heterocycles. The number of nitrogens with zero attached hydrogens (tertiary/aromatic N) is 6. The Labute approximate surface area is 205 Å². The van der Waals surface area contributed by atoms with Crippen LogP contribution in [0.25, 0.3) is 10.2 Å². The second-order valence-corrected chi connectivity index (χ2v) is 12.3. The fraction of sp³-hybridized carbons (Fsp3) is 0.458. The molecule has 0 radical (unpaired) electrons. The summed E-state index contributed by atoms with van der Waals surface area (Å²) in [5, 5.41) is 9.14. The highest BCUT2D eigenvalue weighted by atomic mass is 32.2. The second kappa shape index (κ2) is 9.33. The van der Waals surface area contributed by atoms with Crippen molar-refractivity contribution in [3.63, 3.8) is 0 Å². The molecule has 34 heavy (non-hydrogen) atoms. The molecule has 2 bridgehead atoms. The standard InChI is InChI=1S/C24H31N6O2S2/c1-3-29(13-17-30-14-10-28(11-15-30)12-16-30)20-6-4-19(5-7-20)26-27-24-25-22-9-8-21(34(2,31)32)18-23(22)33-24/h4-9,18H,3,10-17H2,1-2H3/q+1/b27-26+. The summed E-state index contributed by atoms with van der Waals surface area (Å²) >= 11 is 1.33. The molecular weight excluding hydrogens is 468 g/mol. The number of quaternary nitrogens is 1. The van der Waals surface area contributed by atoms with Gasteiger partial charge in [-0.1, -0.05) is 11.3 Å². The van der Waals surface area contributed by atoms with Crippen LogP contribution in [0.15, 0.2) is 57.6 Å². The number of anilines is 1. The molecule has 2 aromatic carbocycles. The Morgan fingerprint density at radius 2 is 1.76 bits per heavy atom. The van der Waals surface area contributed by atoms with Crippen LogP contribution >= 0.6 is 11.3 Å². The Bertz CT molecular complexity index is 1280. The molecule has 0 atom stereocenters. The Kier molecular flexibility index (Phi) is 6.41. The summed E-state index contributed by atoms with van der Waals surface area (Å²) in [6, 6.07) is 13.1. The molecular formula is C24H31N6O2S2+. The van der Waals surface area contributed by atoms with Crippen molar-refractivity contribution in [3.05, 3.63) is 42.5 Å². The van der Waals surface area contributed by atoms with Crippen molar-refractivity contribution >= 4 is 47.9 Å². The SMILES string of the molecule is CCN(CC[N+]12CCN(CC1)CC2)c1ccc(/N=N/c2nc3ccc(S(C)(=O)=O)cc3s2)cc1. The highest BCUT2D eigenvalue weighted by Gasteiger charge is 2.38. The quantitative estimate of drug-likeness (QED) is 0.345. The number of piperazine rings is 3. The minimum atomic E-state index is -3.25. The van der Waals surface area contributed by atoms with Gasteiger partial charge in [0.25, 0.3) is 0 Å². The van der Waals surface area contributed by atoms with Crippen LogP contribution in [0.4, 0.5) is 16.5 Å².